The van der Waals surface area contributed by atoms with Gasteiger partial charge >= 0.3 is 6.09 Å². The van der Waals surface area contributed by atoms with Crippen molar-refractivity contribution >= 4 is 16.9 Å². The molecule has 4 nitrogen and oxygen atoms in total. The van der Waals surface area contributed by atoms with Crippen molar-refractivity contribution in [2.24, 2.45) is 0 Å². The van der Waals surface area contributed by atoms with E-state index < -0.39 is 5.54 Å². The molecule has 1 aliphatic rings. The van der Waals surface area contributed by atoms with E-state index in [1.165, 1.54) is 0 Å². The molecule has 2 aromatic carbocycles. The van der Waals surface area contributed by atoms with E-state index in [9.17, 15) is 4.79 Å². The van der Waals surface area contributed by atoms with Crippen LogP contribution >= 0.6 is 0 Å². The molecule has 1 atom stereocenters. The van der Waals surface area contributed by atoms with E-state index in [-0.39, 0.29) is 6.09 Å². The lowest BCUT2D eigenvalue weighted by atomic mass is 9.91. The molecule has 1 aliphatic heterocycles. The van der Waals surface area contributed by atoms with Gasteiger partial charge in [-0.15, -0.1) is 0 Å². The summed E-state index contributed by atoms with van der Waals surface area (Å²) in [5.41, 5.74) is 0.585. The van der Waals surface area contributed by atoms with Gasteiger partial charge in [-0.2, -0.15) is 0 Å². The summed E-state index contributed by atoms with van der Waals surface area (Å²) in [6.45, 7) is 2.32. The summed E-state index contributed by atoms with van der Waals surface area (Å²) in [5, 5.41) is 5.07. The van der Waals surface area contributed by atoms with Crippen LogP contribution in [0.1, 0.15) is 12.5 Å². The Bertz CT molecular complexity index is 653. The Morgan fingerprint density at radius 2 is 1.95 bits per heavy atom. The smallest absolute Gasteiger partial charge is 0.408 e. The second-order valence-corrected chi connectivity index (χ2v) is 4.96. The van der Waals surface area contributed by atoms with E-state index in [2.05, 4.69) is 11.4 Å². The second kappa shape index (κ2) is 4.16. The lowest BCUT2D eigenvalue weighted by molar-refractivity contribution is 0.173. The molecule has 0 aromatic heterocycles. The van der Waals surface area contributed by atoms with Crippen molar-refractivity contribution in [3.05, 3.63) is 42.0 Å². The predicted molar refractivity (Wildman–Crippen MR) is 72.3 cm³/mol. The van der Waals surface area contributed by atoms with E-state index in [4.69, 9.17) is 9.47 Å². The molecule has 0 aliphatic carbocycles. The van der Waals surface area contributed by atoms with Gasteiger partial charge in [0.2, 0.25) is 0 Å². The summed E-state index contributed by atoms with van der Waals surface area (Å²) in [7, 11) is 1.65. The van der Waals surface area contributed by atoms with Crippen molar-refractivity contribution in [2.45, 2.75) is 12.5 Å². The fourth-order valence-electron chi connectivity index (χ4n) is 2.36. The molecule has 0 saturated carbocycles. The molecule has 0 bridgehead atoms. The standard InChI is InChI=1S/C15H15NO3/c1-15(9-19-14(17)16-15)12-5-3-11-8-13(18-2)6-4-10(11)7-12/h3-8H,9H2,1-2H3,(H,16,17)/t15-/m1/s1. The Hall–Kier alpha value is -2.23. The third kappa shape index (κ3) is 1.99. The molecule has 1 N–H and O–H groups in total. The zero-order valence-electron chi connectivity index (χ0n) is 10.9. The van der Waals surface area contributed by atoms with Gasteiger partial charge in [0.1, 0.15) is 12.4 Å². The molecule has 0 unspecified atom stereocenters. The zero-order valence-corrected chi connectivity index (χ0v) is 10.9. The summed E-state index contributed by atoms with van der Waals surface area (Å²) < 4.78 is 10.2. The van der Waals surface area contributed by atoms with Gasteiger partial charge in [-0.25, -0.2) is 4.79 Å². The van der Waals surface area contributed by atoms with Crippen molar-refractivity contribution in [1.29, 1.82) is 0 Å². The number of carbonyl (C=O) groups is 1. The van der Waals surface area contributed by atoms with Crippen LogP contribution in [0.25, 0.3) is 10.8 Å². The Morgan fingerprint density at radius 1 is 1.21 bits per heavy atom. The van der Waals surface area contributed by atoms with E-state index in [0.29, 0.717) is 6.61 Å². The van der Waals surface area contributed by atoms with Gasteiger partial charge in [0.25, 0.3) is 0 Å². The van der Waals surface area contributed by atoms with Crippen LogP contribution in [0.3, 0.4) is 0 Å². The van der Waals surface area contributed by atoms with Crippen LogP contribution in [0.5, 0.6) is 5.75 Å². The molecule has 4 heteroatoms. The van der Waals surface area contributed by atoms with E-state index in [1.54, 1.807) is 7.11 Å². The summed E-state index contributed by atoms with van der Waals surface area (Å²) in [4.78, 5) is 11.2. The van der Waals surface area contributed by atoms with Crippen molar-refractivity contribution in [3.8, 4) is 5.75 Å². The normalized spacial score (nSPS) is 22.1. The highest BCUT2D eigenvalue weighted by molar-refractivity contribution is 5.85. The first-order valence-corrected chi connectivity index (χ1v) is 6.14. The number of benzene rings is 2. The number of hydrogen-bond donors (Lipinski definition) is 1. The highest BCUT2D eigenvalue weighted by Gasteiger charge is 2.36. The molecule has 19 heavy (non-hydrogen) atoms. The lowest BCUT2D eigenvalue weighted by Gasteiger charge is -2.22. The third-order valence-corrected chi connectivity index (χ3v) is 3.55. The molecule has 1 heterocycles. The minimum absolute atomic E-state index is 0.355. The number of alkyl carbamates (subject to hydrolysis) is 1. The molecule has 1 amide bonds. The maximum absolute atomic E-state index is 11.2. The van der Waals surface area contributed by atoms with Gasteiger partial charge in [-0.05, 0) is 41.5 Å². The molecule has 2 aromatic rings. The molecular weight excluding hydrogens is 242 g/mol. The maximum Gasteiger partial charge on any atom is 0.408 e. The highest BCUT2D eigenvalue weighted by atomic mass is 16.6. The topological polar surface area (TPSA) is 47.6 Å². The van der Waals surface area contributed by atoms with Crippen LogP contribution in [0.4, 0.5) is 4.79 Å². The molecule has 0 radical (unpaired) electrons. The van der Waals surface area contributed by atoms with Crippen LogP contribution in [0.15, 0.2) is 36.4 Å². The number of nitrogens with one attached hydrogen (secondary N) is 1. The van der Waals surface area contributed by atoms with Crippen LogP contribution in [-0.2, 0) is 10.3 Å². The minimum atomic E-state index is -0.453. The Balaban J connectivity index is 2.05. The molecule has 1 saturated heterocycles. The predicted octanol–water partition coefficient (Wildman–Crippen LogP) is 2.80. The quantitative estimate of drug-likeness (QED) is 0.900. The van der Waals surface area contributed by atoms with Crippen LogP contribution in [-0.4, -0.2) is 19.8 Å². The van der Waals surface area contributed by atoms with Crippen LogP contribution in [0, 0.1) is 0 Å². The molecule has 1 fully saturated rings. The van der Waals surface area contributed by atoms with E-state index in [0.717, 1.165) is 22.1 Å². The Labute approximate surface area is 111 Å². The molecular formula is C15H15NO3. The van der Waals surface area contributed by atoms with Gasteiger partial charge in [-0.3, -0.25) is 0 Å². The van der Waals surface area contributed by atoms with Crippen molar-refractivity contribution in [3.63, 3.8) is 0 Å². The summed E-state index contributed by atoms with van der Waals surface area (Å²) in [6, 6.07) is 12.0. The fraction of sp³-hybridized carbons (Fsp3) is 0.267. The number of hydrogen-bond acceptors (Lipinski definition) is 3. The fourth-order valence-corrected chi connectivity index (χ4v) is 2.36. The lowest BCUT2D eigenvalue weighted by Crippen LogP contribution is -2.37. The van der Waals surface area contributed by atoms with Gasteiger partial charge in [0.15, 0.2) is 0 Å². The van der Waals surface area contributed by atoms with Gasteiger partial charge in [0, 0.05) is 0 Å². The number of methoxy groups -OCH3 is 1. The number of ether oxygens (including phenoxy) is 2. The first-order chi connectivity index (χ1) is 9.10. The second-order valence-electron chi connectivity index (χ2n) is 4.96. The largest absolute Gasteiger partial charge is 0.497 e. The van der Waals surface area contributed by atoms with Crippen molar-refractivity contribution in [1.82, 2.24) is 5.32 Å². The first kappa shape index (κ1) is 11.8. The minimum Gasteiger partial charge on any atom is -0.497 e. The zero-order chi connectivity index (χ0) is 13.5. The monoisotopic (exact) mass is 257 g/mol. The number of cyclic esters (lactones) is 1. The van der Waals surface area contributed by atoms with Crippen LogP contribution < -0.4 is 10.1 Å². The van der Waals surface area contributed by atoms with E-state index in [1.807, 2.05) is 37.3 Å². The summed E-state index contributed by atoms with van der Waals surface area (Å²) in [6.07, 6.45) is -0.364. The number of carbonyl (C=O) groups excluding carboxylic acids is 1. The number of amides is 1. The van der Waals surface area contributed by atoms with Crippen molar-refractivity contribution < 1.29 is 14.3 Å². The van der Waals surface area contributed by atoms with Crippen LogP contribution in [0.2, 0.25) is 0 Å². The SMILES string of the molecule is COc1ccc2cc([C@@]3(C)COC(=O)N3)ccc2c1. The number of rotatable bonds is 2. The maximum atomic E-state index is 11.2. The van der Waals surface area contributed by atoms with Gasteiger partial charge in [-0.1, -0.05) is 18.2 Å². The van der Waals surface area contributed by atoms with E-state index >= 15 is 0 Å². The highest BCUT2D eigenvalue weighted by Crippen LogP contribution is 2.29. The summed E-state index contributed by atoms with van der Waals surface area (Å²) in [5.74, 6) is 0.837. The summed E-state index contributed by atoms with van der Waals surface area (Å²) >= 11 is 0. The third-order valence-electron chi connectivity index (χ3n) is 3.55. The molecule has 98 valence electrons. The Kier molecular flexibility index (Phi) is 2.59. The van der Waals surface area contributed by atoms with Gasteiger partial charge in [0.05, 0.1) is 12.6 Å². The molecule has 0 spiro atoms. The van der Waals surface area contributed by atoms with Crippen molar-refractivity contribution in [2.75, 3.05) is 13.7 Å². The molecule has 3 rings (SSSR count). The first-order valence-electron chi connectivity index (χ1n) is 6.14. The van der Waals surface area contributed by atoms with Gasteiger partial charge < -0.3 is 14.8 Å². The average Bonchev–Trinajstić information content (AvgIpc) is 2.78. The Morgan fingerprint density at radius 3 is 2.63 bits per heavy atom. The number of fused-ring (bicyclic) bond motifs is 1. The average molecular weight is 257 g/mol.